The van der Waals surface area contributed by atoms with Crippen LogP contribution in [0.25, 0.3) is 11.3 Å². The highest BCUT2D eigenvalue weighted by molar-refractivity contribution is 7.80. The summed E-state index contributed by atoms with van der Waals surface area (Å²) in [6.45, 7) is 0.450. The Balaban J connectivity index is 1.56. The van der Waals surface area contributed by atoms with E-state index < -0.39 is 4.92 Å². The van der Waals surface area contributed by atoms with Crippen molar-refractivity contribution in [2.24, 2.45) is 5.10 Å². The Labute approximate surface area is 153 Å². The Morgan fingerprint density at radius 3 is 2.92 bits per heavy atom. The highest BCUT2D eigenvalue weighted by Crippen LogP contribution is 2.25. The van der Waals surface area contributed by atoms with Crippen LogP contribution in [0, 0.1) is 10.1 Å². The van der Waals surface area contributed by atoms with E-state index in [4.69, 9.17) is 21.1 Å². The number of benzene rings is 1. The molecule has 2 heterocycles. The Morgan fingerprint density at radius 2 is 2.15 bits per heavy atom. The van der Waals surface area contributed by atoms with E-state index in [2.05, 4.69) is 15.8 Å². The number of furan rings is 2. The van der Waals surface area contributed by atoms with Crippen LogP contribution in [0.15, 0.2) is 68.7 Å². The number of non-ortho nitro benzene ring substituents is 1. The van der Waals surface area contributed by atoms with Crippen LogP contribution in [0.1, 0.15) is 11.5 Å². The number of nitro benzene ring substituents is 1. The zero-order valence-corrected chi connectivity index (χ0v) is 14.2. The molecule has 0 bridgehead atoms. The molecule has 0 aliphatic carbocycles. The summed E-state index contributed by atoms with van der Waals surface area (Å²) in [5.74, 6) is 1.74. The zero-order valence-electron chi connectivity index (χ0n) is 13.4. The van der Waals surface area contributed by atoms with E-state index in [1.807, 2.05) is 6.07 Å². The van der Waals surface area contributed by atoms with Gasteiger partial charge in [-0.15, -0.1) is 0 Å². The van der Waals surface area contributed by atoms with Gasteiger partial charge in [0, 0.05) is 17.7 Å². The Morgan fingerprint density at radius 1 is 1.27 bits per heavy atom. The van der Waals surface area contributed by atoms with Crippen molar-refractivity contribution >= 4 is 29.2 Å². The second kappa shape index (κ2) is 8.08. The van der Waals surface area contributed by atoms with Gasteiger partial charge in [0.1, 0.15) is 17.3 Å². The minimum Gasteiger partial charge on any atom is -0.467 e. The van der Waals surface area contributed by atoms with E-state index in [-0.39, 0.29) is 5.69 Å². The minimum atomic E-state index is -0.449. The summed E-state index contributed by atoms with van der Waals surface area (Å²) in [5.41, 5.74) is 3.28. The average Bonchev–Trinajstić information content (AvgIpc) is 3.32. The van der Waals surface area contributed by atoms with Gasteiger partial charge in [0.25, 0.3) is 5.69 Å². The molecule has 1 aromatic carbocycles. The standard InChI is InChI=1S/C17H14N4O4S/c22-21(23)13-4-1-3-12(9-13)16-7-6-15(25-16)11-19-20-17(26)18-10-14-5-2-8-24-14/h1-9,11H,10H2,(H2,18,20,26)/b19-11-. The van der Waals surface area contributed by atoms with E-state index in [1.54, 1.807) is 36.6 Å². The molecule has 0 aliphatic rings. The first-order valence-electron chi connectivity index (χ1n) is 7.56. The monoisotopic (exact) mass is 370 g/mol. The van der Waals surface area contributed by atoms with Crippen LogP contribution >= 0.6 is 12.2 Å². The molecule has 8 nitrogen and oxygen atoms in total. The lowest BCUT2D eigenvalue weighted by atomic mass is 10.1. The fourth-order valence-electron chi connectivity index (χ4n) is 2.12. The summed E-state index contributed by atoms with van der Waals surface area (Å²) in [7, 11) is 0. The van der Waals surface area contributed by atoms with Gasteiger partial charge in [0.2, 0.25) is 0 Å². The zero-order chi connectivity index (χ0) is 18.4. The summed E-state index contributed by atoms with van der Waals surface area (Å²) in [4.78, 5) is 10.4. The van der Waals surface area contributed by atoms with Gasteiger partial charge in [-0.2, -0.15) is 5.10 Å². The maximum atomic E-state index is 10.8. The number of rotatable bonds is 6. The summed E-state index contributed by atoms with van der Waals surface area (Å²) >= 11 is 5.09. The summed E-state index contributed by atoms with van der Waals surface area (Å²) in [6, 6.07) is 13.3. The number of hydrogen-bond donors (Lipinski definition) is 2. The van der Waals surface area contributed by atoms with Crippen molar-refractivity contribution < 1.29 is 13.8 Å². The lowest BCUT2D eigenvalue weighted by molar-refractivity contribution is -0.384. The quantitative estimate of drug-likeness (QED) is 0.296. The molecular weight excluding hydrogens is 356 g/mol. The third kappa shape index (κ3) is 4.54. The Hall–Kier alpha value is -3.46. The molecule has 2 N–H and O–H groups in total. The molecule has 9 heteroatoms. The smallest absolute Gasteiger partial charge is 0.270 e. The predicted molar refractivity (Wildman–Crippen MR) is 99.7 cm³/mol. The molecule has 0 saturated heterocycles. The molecule has 132 valence electrons. The summed E-state index contributed by atoms with van der Waals surface area (Å²) < 4.78 is 10.8. The molecule has 3 aromatic rings. The first-order valence-corrected chi connectivity index (χ1v) is 7.96. The fraction of sp³-hybridized carbons (Fsp3) is 0.0588. The molecular formula is C17H14N4O4S. The third-order valence-corrected chi connectivity index (χ3v) is 3.57. The number of nitro groups is 1. The molecule has 3 rings (SSSR count). The Bertz CT molecular complexity index is 934. The summed E-state index contributed by atoms with van der Waals surface area (Å²) in [5, 5.41) is 18.1. The van der Waals surface area contributed by atoms with Gasteiger partial charge in [-0.05, 0) is 36.5 Å². The maximum Gasteiger partial charge on any atom is 0.270 e. The van der Waals surface area contributed by atoms with E-state index in [9.17, 15) is 10.1 Å². The molecule has 0 radical (unpaired) electrons. The number of thiocarbonyl (C=S) groups is 1. The van der Waals surface area contributed by atoms with Crippen molar-refractivity contribution in [3.63, 3.8) is 0 Å². The van der Waals surface area contributed by atoms with Crippen LogP contribution in [0.3, 0.4) is 0 Å². The van der Waals surface area contributed by atoms with Crippen LogP contribution in [0.4, 0.5) is 5.69 Å². The van der Waals surface area contributed by atoms with Crippen molar-refractivity contribution in [3.8, 4) is 11.3 Å². The van der Waals surface area contributed by atoms with E-state index in [0.29, 0.717) is 28.7 Å². The first-order chi connectivity index (χ1) is 12.6. The molecule has 0 amide bonds. The second-order valence-corrected chi connectivity index (χ2v) is 5.55. The lowest BCUT2D eigenvalue weighted by Gasteiger charge is -2.04. The van der Waals surface area contributed by atoms with E-state index >= 15 is 0 Å². The van der Waals surface area contributed by atoms with E-state index in [1.165, 1.54) is 18.3 Å². The average molecular weight is 370 g/mol. The fourth-order valence-corrected chi connectivity index (χ4v) is 2.25. The SMILES string of the molecule is O=[N+]([O-])c1cccc(-c2ccc(/C=N\NC(=S)NCc3ccco3)o2)c1. The van der Waals surface area contributed by atoms with Crippen LogP contribution in [-0.4, -0.2) is 16.3 Å². The van der Waals surface area contributed by atoms with Crippen LogP contribution in [0.2, 0.25) is 0 Å². The normalized spacial score (nSPS) is 10.8. The van der Waals surface area contributed by atoms with Gasteiger partial charge >= 0.3 is 0 Å². The maximum absolute atomic E-state index is 10.8. The number of hydrogen-bond acceptors (Lipinski definition) is 6. The van der Waals surface area contributed by atoms with Crippen molar-refractivity contribution in [2.75, 3.05) is 0 Å². The molecule has 0 unspecified atom stereocenters. The summed E-state index contributed by atoms with van der Waals surface area (Å²) in [6.07, 6.45) is 3.04. The predicted octanol–water partition coefficient (Wildman–Crippen LogP) is 3.45. The molecule has 0 saturated carbocycles. The van der Waals surface area contributed by atoms with Gasteiger partial charge < -0.3 is 14.2 Å². The number of hydrazone groups is 1. The van der Waals surface area contributed by atoms with Crippen molar-refractivity contribution in [1.29, 1.82) is 0 Å². The van der Waals surface area contributed by atoms with Gasteiger partial charge in [0.15, 0.2) is 5.11 Å². The molecule has 0 atom stereocenters. The largest absolute Gasteiger partial charge is 0.467 e. The van der Waals surface area contributed by atoms with Crippen molar-refractivity contribution in [3.05, 3.63) is 76.4 Å². The first kappa shape index (κ1) is 17.4. The van der Waals surface area contributed by atoms with Crippen LogP contribution < -0.4 is 10.7 Å². The number of nitrogens with one attached hydrogen (secondary N) is 2. The highest BCUT2D eigenvalue weighted by atomic mass is 32.1. The molecule has 0 spiro atoms. The highest BCUT2D eigenvalue weighted by Gasteiger charge is 2.09. The van der Waals surface area contributed by atoms with Gasteiger partial charge in [0.05, 0.1) is 23.9 Å². The number of nitrogens with zero attached hydrogens (tertiary/aromatic N) is 2. The lowest BCUT2D eigenvalue weighted by Crippen LogP contribution is -2.31. The minimum absolute atomic E-state index is 0.00349. The van der Waals surface area contributed by atoms with Crippen molar-refractivity contribution in [1.82, 2.24) is 10.7 Å². The van der Waals surface area contributed by atoms with Gasteiger partial charge in [-0.3, -0.25) is 15.5 Å². The van der Waals surface area contributed by atoms with Crippen LogP contribution in [0.5, 0.6) is 0 Å². The second-order valence-electron chi connectivity index (χ2n) is 5.14. The molecule has 2 aromatic heterocycles. The molecule has 26 heavy (non-hydrogen) atoms. The van der Waals surface area contributed by atoms with Crippen molar-refractivity contribution in [2.45, 2.75) is 6.54 Å². The Kier molecular flexibility index (Phi) is 5.40. The molecule has 0 fully saturated rings. The van der Waals surface area contributed by atoms with Crippen LogP contribution in [-0.2, 0) is 6.54 Å². The molecule has 0 aliphatic heterocycles. The van der Waals surface area contributed by atoms with Gasteiger partial charge in [-0.25, -0.2) is 0 Å². The third-order valence-electron chi connectivity index (χ3n) is 3.33. The van der Waals surface area contributed by atoms with Gasteiger partial charge in [-0.1, -0.05) is 12.1 Å². The topological polar surface area (TPSA) is 106 Å². The van der Waals surface area contributed by atoms with E-state index in [0.717, 1.165) is 5.76 Å².